The number of guanidine groups is 1. The average Bonchev–Trinajstić information content (AvgIpc) is 2.16. The van der Waals surface area contributed by atoms with E-state index in [4.69, 9.17) is 15.9 Å². The van der Waals surface area contributed by atoms with Gasteiger partial charge >= 0.3 is 0 Å². The molecule has 0 aromatic carbocycles. The van der Waals surface area contributed by atoms with Crippen molar-refractivity contribution in [1.82, 2.24) is 10.6 Å². The van der Waals surface area contributed by atoms with Gasteiger partial charge in [0.05, 0.1) is 19.2 Å². The summed E-state index contributed by atoms with van der Waals surface area (Å²) in [7, 11) is 0. The van der Waals surface area contributed by atoms with E-state index in [0.717, 1.165) is 0 Å². The number of hydrogen-bond donors (Lipinski definition) is 5. The fourth-order valence-electron chi connectivity index (χ4n) is 0.944. The van der Waals surface area contributed by atoms with Crippen LogP contribution in [0.3, 0.4) is 0 Å². The third kappa shape index (κ3) is 3.19. The van der Waals surface area contributed by atoms with Crippen LogP contribution in [-0.2, 0) is 4.79 Å². The lowest BCUT2D eigenvalue weighted by Gasteiger charge is -2.20. The van der Waals surface area contributed by atoms with E-state index in [-0.39, 0.29) is 6.54 Å². The molecule has 0 radical (unpaired) electrons. The molecule has 0 bridgehead atoms. The third-order valence-corrected chi connectivity index (χ3v) is 1.76. The van der Waals surface area contributed by atoms with Crippen LogP contribution in [0.5, 0.6) is 0 Å². The number of aliphatic hydroxyl groups is 2. The second-order valence-corrected chi connectivity index (χ2v) is 3.02. The Morgan fingerprint density at radius 3 is 3.07 bits per heavy atom. The Kier molecular flexibility index (Phi) is 3.66. The topological polar surface area (TPSA) is 120 Å². The number of amides is 1. The molecule has 2 atom stereocenters. The zero-order chi connectivity index (χ0) is 10.6. The van der Waals surface area contributed by atoms with Gasteiger partial charge in [0.15, 0.2) is 5.96 Å². The van der Waals surface area contributed by atoms with E-state index in [1.54, 1.807) is 0 Å². The minimum atomic E-state index is -1.23. The fourth-order valence-corrected chi connectivity index (χ4v) is 0.944. The number of hydrogen-bond acceptors (Lipinski definition) is 6. The first-order chi connectivity index (χ1) is 6.59. The second-order valence-electron chi connectivity index (χ2n) is 3.02. The molecule has 1 aliphatic rings. The molecule has 0 saturated heterocycles. The minimum absolute atomic E-state index is 0.0112. The molecule has 0 fully saturated rings. The minimum Gasteiger partial charge on any atom is -0.389 e. The number of rotatable bonds is 3. The number of nitrogens with two attached hydrogens (primary N) is 1. The summed E-state index contributed by atoms with van der Waals surface area (Å²) < 4.78 is 0. The summed E-state index contributed by atoms with van der Waals surface area (Å²) in [6.45, 7) is 0.720. The van der Waals surface area contributed by atoms with E-state index >= 15 is 0 Å². The number of nitrogens with one attached hydrogen (secondary N) is 2. The average molecular weight is 202 g/mol. The van der Waals surface area contributed by atoms with E-state index in [1.165, 1.54) is 0 Å². The highest BCUT2D eigenvalue weighted by Crippen LogP contribution is 1.89. The highest BCUT2D eigenvalue weighted by Gasteiger charge is 2.14. The number of primary amides is 1. The summed E-state index contributed by atoms with van der Waals surface area (Å²) in [5, 5.41) is 23.6. The number of carbonyl (C=O) groups is 1. The van der Waals surface area contributed by atoms with Gasteiger partial charge in [-0.05, 0) is 0 Å². The van der Waals surface area contributed by atoms with Crippen molar-refractivity contribution < 1.29 is 15.0 Å². The standard InChI is InChI=1S/C7H14N4O3/c8-6(14)5(13)3-11-7-9-1-4(12)2-10-7/h4-5,12-13H,1-3H2,(H2,8,14)(H2,9,10,11). The van der Waals surface area contributed by atoms with Crippen molar-refractivity contribution in [3.05, 3.63) is 0 Å². The Labute approximate surface area is 81.0 Å². The summed E-state index contributed by atoms with van der Waals surface area (Å²) in [5.41, 5.74) is 4.84. The Bertz CT molecular complexity index is 243. The van der Waals surface area contributed by atoms with Gasteiger partial charge in [0.25, 0.3) is 0 Å². The van der Waals surface area contributed by atoms with Gasteiger partial charge in [0.1, 0.15) is 6.10 Å². The SMILES string of the molecule is NC(=O)C(O)CNC1=NCC(O)CN1. The highest BCUT2D eigenvalue weighted by molar-refractivity contribution is 5.82. The van der Waals surface area contributed by atoms with E-state index in [9.17, 15) is 4.79 Å². The highest BCUT2D eigenvalue weighted by atomic mass is 16.3. The molecule has 0 aromatic rings. The largest absolute Gasteiger partial charge is 0.389 e. The molecule has 80 valence electrons. The molecular formula is C7H14N4O3. The summed E-state index contributed by atoms with van der Waals surface area (Å²) in [6.07, 6.45) is -1.71. The number of aliphatic hydroxyl groups excluding tert-OH is 2. The zero-order valence-corrected chi connectivity index (χ0v) is 7.60. The second kappa shape index (κ2) is 4.77. The predicted octanol–water partition coefficient (Wildman–Crippen LogP) is -3.26. The van der Waals surface area contributed by atoms with Crippen LogP contribution < -0.4 is 16.4 Å². The molecule has 1 aliphatic heterocycles. The summed E-state index contributed by atoms with van der Waals surface area (Å²) in [4.78, 5) is 14.4. The summed E-state index contributed by atoms with van der Waals surface area (Å²) in [5.74, 6) is -0.329. The van der Waals surface area contributed by atoms with Gasteiger partial charge in [-0.1, -0.05) is 0 Å². The molecule has 7 heteroatoms. The lowest BCUT2D eigenvalue weighted by atomic mass is 10.3. The van der Waals surface area contributed by atoms with Gasteiger partial charge in [-0.2, -0.15) is 0 Å². The molecule has 1 heterocycles. The fraction of sp³-hybridized carbons (Fsp3) is 0.714. The maximum absolute atomic E-state index is 10.5. The van der Waals surface area contributed by atoms with Crippen LogP contribution in [0.15, 0.2) is 4.99 Å². The molecule has 1 amide bonds. The van der Waals surface area contributed by atoms with Crippen LogP contribution in [0.4, 0.5) is 0 Å². The lowest BCUT2D eigenvalue weighted by molar-refractivity contribution is -0.125. The van der Waals surface area contributed by atoms with Crippen molar-refractivity contribution in [2.24, 2.45) is 10.7 Å². The van der Waals surface area contributed by atoms with Crippen molar-refractivity contribution in [1.29, 1.82) is 0 Å². The molecule has 0 spiro atoms. The van der Waals surface area contributed by atoms with Crippen LogP contribution in [-0.4, -0.2) is 53.9 Å². The van der Waals surface area contributed by atoms with Crippen molar-refractivity contribution in [2.75, 3.05) is 19.6 Å². The zero-order valence-electron chi connectivity index (χ0n) is 7.60. The Hall–Kier alpha value is -1.34. The first kappa shape index (κ1) is 10.7. The van der Waals surface area contributed by atoms with Crippen molar-refractivity contribution in [2.45, 2.75) is 12.2 Å². The lowest BCUT2D eigenvalue weighted by Crippen LogP contribution is -2.49. The first-order valence-electron chi connectivity index (χ1n) is 4.27. The smallest absolute Gasteiger partial charge is 0.248 e. The van der Waals surface area contributed by atoms with Crippen LogP contribution in [0.25, 0.3) is 0 Å². The Morgan fingerprint density at radius 1 is 1.86 bits per heavy atom. The number of carbonyl (C=O) groups excluding carboxylic acids is 1. The van der Waals surface area contributed by atoms with E-state index < -0.39 is 18.1 Å². The van der Waals surface area contributed by atoms with Crippen molar-refractivity contribution in [3.8, 4) is 0 Å². The van der Waals surface area contributed by atoms with E-state index in [1.807, 2.05) is 0 Å². The molecule has 14 heavy (non-hydrogen) atoms. The van der Waals surface area contributed by atoms with Gasteiger partial charge in [0, 0.05) is 6.54 Å². The molecule has 6 N–H and O–H groups in total. The van der Waals surface area contributed by atoms with Gasteiger partial charge in [-0.25, -0.2) is 0 Å². The monoisotopic (exact) mass is 202 g/mol. The maximum atomic E-state index is 10.5. The Morgan fingerprint density at radius 2 is 2.57 bits per heavy atom. The van der Waals surface area contributed by atoms with Gasteiger partial charge in [-0.3, -0.25) is 9.79 Å². The van der Waals surface area contributed by atoms with Gasteiger partial charge in [-0.15, -0.1) is 0 Å². The normalized spacial score (nSPS) is 23.3. The number of aliphatic imine (C=N–C) groups is 1. The van der Waals surface area contributed by atoms with Crippen LogP contribution in [0, 0.1) is 0 Å². The van der Waals surface area contributed by atoms with Gasteiger partial charge < -0.3 is 26.6 Å². The molecular weight excluding hydrogens is 188 g/mol. The molecule has 1 rings (SSSR count). The molecule has 7 nitrogen and oxygen atoms in total. The number of nitrogens with zero attached hydrogens (tertiary/aromatic N) is 1. The van der Waals surface area contributed by atoms with Crippen molar-refractivity contribution >= 4 is 11.9 Å². The first-order valence-corrected chi connectivity index (χ1v) is 4.27. The van der Waals surface area contributed by atoms with E-state index in [0.29, 0.717) is 19.0 Å². The molecule has 0 saturated carbocycles. The van der Waals surface area contributed by atoms with Crippen LogP contribution in [0.1, 0.15) is 0 Å². The van der Waals surface area contributed by atoms with E-state index in [2.05, 4.69) is 15.6 Å². The predicted molar refractivity (Wildman–Crippen MR) is 49.5 cm³/mol. The van der Waals surface area contributed by atoms with Crippen molar-refractivity contribution in [3.63, 3.8) is 0 Å². The molecule has 2 unspecified atom stereocenters. The van der Waals surface area contributed by atoms with Crippen LogP contribution >= 0.6 is 0 Å². The van der Waals surface area contributed by atoms with Gasteiger partial charge in [0.2, 0.25) is 5.91 Å². The quantitative estimate of drug-likeness (QED) is 0.329. The van der Waals surface area contributed by atoms with Crippen LogP contribution in [0.2, 0.25) is 0 Å². The maximum Gasteiger partial charge on any atom is 0.248 e. The third-order valence-electron chi connectivity index (χ3n) is 1.76. The molecule has 0 aromatic heterocycles. The summed E-state index contributed by atoms with van der Waals surface area (Å²) in [6, 6.07) is 0. The number of β-amino-alcohol motifs (C(OH)–C–C–N with tert-alkyl or cyclic N) is 1. The molecule has 0 aliphatic carbocycles. The summed E-state index contributed by atoms with van der Waals surface area (Å²) >= 11 is 0. The Balaban J connectivity index is 2.28.